The molecule has 8 heteroatoms. The second-order valence-corrected chi connectivity index (χ2v) is 5.95. The minimum absolute atomic E-state index is 0. The van der Waals surface area contributed by atoms with E-state index in [9.17, 15) is 0 Å². The van der Waals surface area contributed by atoms with Gasteiger partial charge in [-0.25, -0.2) is 0 Å². The lowest BCUT2D eigenvalue weighted by atomic mass is 10.1. The van der Waals surface area contributed by atoms with Crippen LogP contribution in [0.25, 0.3) is 0 Å². The number of halogens is 1. The topological polar surface area (TPSA) is 77.3 Å². The molecule has 26 heavy (non-hydrogen) atoms. The minimum Gasteiger partial charge on any atom is -0.467 e. The smallest absolute Gasteiger partial charge is 0.190 e. The zero-order valence-electron chi connectivity index (χ0n) is 15.6. The molecule has 0 saturated carbocycles. The van der Waals surface area contributed by atoms with Gasteiger partial charge in [0.1, 0.15) is 12.4 Å². The molecule has 2 N–H and O–H groups in total. The Hall–Kier alpha value is -0.840. The van der Waals surface area contributed by atoms with E-state index in [1.54, 1.807) is 13.3 Å². The summed E-state index contributed by atoms with van der Waals surface area (Å²) >= 11 is 0. The number of hydrogen-bond donors (Lipinski definition) is 2. The highest BCUT2D eigenvalue weighted by Gasteiger charge is 2.13. The number of hydrogen-bond acceptors (Lipinski definition) is 5. The third kappa shape index (κ3) is 10.3. The molecular weight excluding hydrogens is 449 g/mol. The van der Waals surface area contributed by atoms with Crippen LogP contribution in [0.15, 0.2) is 27.8 Å². The maximum atomic E-state index is 5.85. The normalized spacial score (nSPS) is 15.5. The molecule has 0 aromatic carbocycles. The molecule has 0 atom stereocenters. The minimum atomic E-state index is 0. The van der Waals surface area contributed by atoms with Gasteiger partial charge in [0.05, 0.1) is 12.4 Å². The van der Waals surface area contributed by atoms with E-state index >= 15 is 0 Å². The van der Waals surface area contributed by atoms with Gasteiger partial charge in [-0.2, -0.15) is 0 Å². The molecule has 1 fully saturated rings. The highest BCUT2D eigenvalue weighted by Crippen LogP contribution is 2.10. The van der Waals surface area contributed by atoms with Gasteiger partial charge in [-0.15, -0.1) is 24.0 Å². The Morgan fingerprint density at radius 3 is 2.58 bits per heavy atom. The van der Waals surface area contributed by atoms with Gasteiger partial charge in [-0.3, -0.25) is 4.99 Å². The molecule has 0 amide bonds. The molecule has 150 valence electrons. The zero-order chi connectivity index (χ0) is 17.6. The summed E-state index contributed by atoms with van der Waals surface area (Å²) < 4.78 is 21.9. The molecule has 0 unspecified atom stereocenters. The number of guanidine groups is 1. The fourth-order valence-electron chi connectivity index (χ4n) is 2.54. The van der Waals surface area contributed by atoms with Gasteiger partial charge in [-0.1, -0.05) is 0 Å². The summed E-state index contributed by atoms with van der Waals surface area (Å²) in [5, 5.41) is 6.58. The van der Waals surface area contributed by atoms with E-state index in [0.717, 1.165) is 70.3 Å². The van der Waals surface area contributed by atoms with Crippen LogP contribution in [-0.2, 0) is 20.8 Å². The highest BCUT2D eigenvalue weighted by atomic mass is 127. The van der Waals surface area contributed by atoms with Crippen molar-refractivity contribution in [2.75, 3.05) is 46.6 Å². The Morgan fingerprint density at radius 1 is 1.19 bits per heavy atom. The van der Waals surface area contributed by atoms with E-state index in [4.69, 9.17) is 18.6 Å². The Bertz CT molecular complexity index is 465. The van der Waals surface area contributed by atoms with Crippen molar-refractivity contribution in [2.45, 2.75) is 38.4 Å². The van der Waals surface area contributed by atoms with Gasteiger partial charge in [0, 0.05) is 46.6 Å². The van der Waals surface area contributed by atoms with Crippen molar-refractivity contribution in [3.63, 3.8) is 0 Å². The number of ether oxygens (including phenoxy) is 3. The monoisotopic (exact) mass is 481 g/mol. The van der Waals surface area contributed by atoms with Crippen LogP contribution in [0.5, 0.6) is 0 Å². The highest BCUT2D eigenvalue weighted by molar-refractivity contribution is 14.0. The molecule has 0 aliphatic carbocycles. The van der Waals surface area contributed by atoms with Gasteiger partial charge in [0.15, 0.2) is 5.96 Å². The summed E-state index contributed by atoms with van der Waals surface area (Å²) in [6, 6.07) is 3.78. The number of nitrogens with one attached hydrogen (secondary N) is 2. The fraction of sp³-hybridized carbons (Fsp3) is 0.722. The second-order valence-electron chi connectivity index (χ2n) is 5.95. The van der Waals surface area contributed by atoms with E-state index < -0.39 is 0 Å². The average molecular weight is 481 g/mol. The van der Waals surface area contributed by atoms with Crippen molar-refractivity contribution in [3.05, 3.63) is 24.2 Å². The quantitative estimate of drug-likeness (QED) is 0.219. The molecule has 7 nitrogen and oxygen atoms in total. The maximum Gasteiger partial charge on any atom is 0.190 e. The van der Waals surface area contributed by atoms with Crippen LogP contribution in [0.4, 0.5) is 0 Å². The maximum absolute atomic E-state index is 5.85. The summed E-state index contributed by atoms with van der Waals surface area (Å²) in [7, 11) is 1.78. The first kappa shape index (κ1) is 23.2. The SMILES string of the molecule is CN=C(NCCCOCc1ccco1)NCCCOC1CCOCC1.I. The molecule has 2 rings (SSSR count). The predicted octanol–water partition coefficient (Wildman–Crippen LogP) is 2.56. The summed E-state index contributed by atoms with van der Waals surface area (Å²) in [6.45, 7) is 5.29. The van der Waals surface area contributed by atoms with E-state index in [-0.39, 0.29) is 24.0 Å². The standard InChI is InChI=1S/C18H31N3O4.HI/c1-19-18(20-8-3-10-23-15-17-5-2-11-25-17)21-9-4-12-24-16-6-13-22-14-7-16;/h2,5,11,16H,3-4,6-10,12-15H2,1H3,(H2,19,20,21);1H. The molecule has 0 radical (unpaired) electrons. The van der Waals surface area contributed by atoms with Crippen molar-refractivity contribution in [1.82, 2.24) is 10.6 Å². The predicted molar refractivity (Wildman–Crippen MR) is 112 cm³/mol. The van der Waals surface area contributed by atoms with Crippen LogP contribution in [0.2, 0.25) is 0 Å². The molecule has 2 heterocycles. The third-order valence-corrected chi connectivity index (χ3v) is 3.94. The van der Waals surface area contributed by atoms with E-state index in [0.29, 0.717) is 19.3 Å². The lowest BCUT2D eigenvalue weighted by Crippen LogP contribution is -2.38. The molecule has 1 aliphatic rings. The molecule has 0 bridgehead atoms. The van der Waals surface area contributed by atoms with Crippen molar-refractivity contribution in [2.24, 2.45) is 4.99 Å². The van der Waals surface area contributed by atoms with Gasteiger partial charge in [-0.05, 0) is 37.8 Å². The first-order valence-corrected chi connectivity index (χ1v) is 9.12. The number of furan rings is 1. The molecule has 0 spiro atoms. The Labute approximate surface area is 173 Å². The molecule has 1 aliphatic heterocycles. The van der Waals surface area contributed by atoms with E-state index in [1.165, 1.54) is 0 Å². The second kappa shape index (κ2) is 15.2. The van der Waals surface area contributed by atoms with Gasteiger partial charge in [0.25, 0.3) is 0 Å². The summed E-state index contributed by atoms with van der Waals surface area (Å²) in [4.78, 5) is 4.22. The van der Waals surface area contributed by atoms with Crippen LogP contribution in [0.3, 0.4) is 0 Å². The molecular formula is C18H32IN3O4. The van der Waals surface area contributed by atoms with Gasteiger partial charge in [0.2, 0.25) is 0 Å². The fourth-order valence-corrected chi connectivity index (χ4v) is 2.54. The lowest BCUT2D eigenvalue weighted by molar-refractivity contribution is -0.0320. The average Bonchev–Trinajstić information content (AvgIpc) is 3.17. The summed E-state index contributed by atoms with van der Waals surface area (Å²) in [6.07, 6.45) is 5.92. The first-order chi connectivity index (χ1) is 12.4. The van der Waals surface area contributed by atoms with E-state index in [1.807, 2.05) is 12.1 Å². The number of nitrogens with zero attached hydrogens (tertiary/aromatic N) is 1. The largest absolute Gasteiger partial charge is 0.467 e. The molecule has 1 aromatic rings. The van der Waals surface area contributed by atoms with Gasteiger partial charge >= 0.3 is 0 Å². The van der Waals surface area contributed by atoms with Crippen LogP contribution in [0.1, 0.15) is 31.4 Å². The van der Waals surface area contributed by atoms with E-state index in [2.05, 4.69) is 15.6 Å². The lowest BCUT2D eigenvalue weighted by Gasteiger charge is -2.22. The van der Waals surface area contributed by atoms with Crippen molar-refractivity contribution in [1.29, 1.82) is 0 Å². The van der Waals surface area contributed by atoms with Crippen LogP contribution >= 0.6 is 24.0 Å². The molecule has 1 saturated heterocycles. The summed E-state index contributed by atoms with van der Waals surface area (Å²) in [5.74, 6) is 1.67. The number of aliphatic imine (C=N–C) groups is 1. The van der Waals surface area contributed by atoms with Gasteiger partial charge < -0.3 is 29.3 Å². The van der Waals surface area contributed by atoms with Crippen LogP contribution < -0.4 is 10.6 Å². The zero-order valence-corrected chi connectivity index (χ0v) is 17.9. The van der Waals surface area contributed by atoms with Crippen LogP contribution in [0, 0.1) is 0 Å². The van der Waals surface area contributed by atoms with Crippen molar-refractivity contribution < 1.29 is 18.6 Å². The Balaban J connectivity index is 0.00000338. The van der Waals surface area contributed by atoms with Crippen molar-refractivity contribution >= 4 is 29.9 Å². The third-order valence-electron chi connectivity index (χ3n) is 3.94. The Morgan fingerprint density at radius 2 is 1.92 bits per heavy atom. The van der Waals surface area contributed by atoms with Crippen LogP contribution in [-0.4, -0.2) is 58.6 Å². The first-order valence-electron chi connectivity index (χ1n) is 9.12. The Kier molecular flexibility index (Phi) is 13.6. The molecule has 1 aromatic heterocycles. The number of rotatable bonds is 11. The summed E-state index contributed by atoms with van der Waals surface area (Å²) in [5.41, 5.74) is 0. The van der Waals surface area contributed by atoms with Crippen molar-refractivity contribution in [3.8, 4) is 0 Å².